The molecule has 30 heavy (non-hydrogen) atoms. The van der Waals surface area contributed by atoms with Gasteiger partial charge in [-0.3, -0.25) is 9.89 Å². The number of rotatable bonds is 10. The zero-order valence-electron chi connectivity index (χ0n) is 18.6. The average Bonchev–Trinajstić information content (AvgIpc) is 3.43. The van der Waals surface area contributed by atoms with Crippen molar-refractivity contribution < 1.29 is 9.47 Å². The topological polar surface area (TPSA) is 58.1 Å². The SMILES string of the molecule is CCNC(=NCC(c1ccc(C)cc1)N1CCCC1)NCCCOC1CCOC1.I. The largest absolute Gasteiger partial charge is 0.379 e. The predicted molar refractivity (Wildman–Crippen MR) is 134 cm³/mol. The minimum atomic E-state index is 0. The number of hydrogen-bond acceptors (Lipinski definition) is 4. The molecule has 2 aliphatic heterocycles. The first-order valence-corrected chi connectivity index (χ1v) is 11.3. The first-order chi connectivity index (χ1) is 14.3. The second-order valence-electron chi connectivity index (χ2n) is 8.03. The van der Waals surface area contributed by atoms with Gasteiger partial charge in [-0.05, 0) is 58.2 Å². The van der Waals surface area contributed by atoms with Crippen LogP contribution in [0.2, 0.25) is 0 Å². The summed E-state index contributed by atoms with van der Waals surface area (Å²) < 4.78 is 11.2. The van der Waals surface area contributed by atoms with Crippen LogP contribution in [0.15, 0.2) is 29.3 Å². The fourth-order valence-electron chi connectivity index (χ4n) is 3.97. The van der Waals surface area contributed by atoms with E-state index in [1.807, 2.05) is 0 Å². The van der Waals surface area contributed by atoms with Crippen LogP contribution in [-0.4, -0.2) is 69.5 Å². The highest BCUT2D eigenvalue weighted by atomic mass is 127. The number of nitrogens with zero attached hydrogens (tertiary/aromatic N) is 2. The fraction of sp³-hybridized carbons (Fsp3) is 0.696. The third-order valence-electron chi connectivity index (χ3n) is 5.67. The lowest BCUT2D eigenvalue weighted by Crippen LogP contribution is -2.39. The summed E-state index contributed by atoms with van der Waals surface area (Å²) in [5.74, 6) is 0.896. The second-order valence-corrected chi connectivity index (χ2v) is 8.03. The van der Waals surface area contributed by atoms with Crippen LogP contribution in [0.5, 0.6) is 0 Å². The van der Waals surface area contributed by atoms with Gasteiger partial charge in [-0.1, -0.05) is 29.8 Å². The van der Waals surface area contributed by atoms with E-state index in [1.54, 1.807) is 0 Å². The Morgan fingerprint density at radius 1 is 1.23 bits per heavy atom. The lowest BCUT2D eigenvalue weighted by molar-refractivity contribution is 0.0420. The van der Waals surface area contributed by atoms with E-state index in [-0.39, 0.29) is 30.1 Å². The summed E-state index contributed by atoms with van der Waals surface area (Å²) in [5, 5.41) is 6.84. The molecule has 0 amide bonds. The molecule has 2 aliphatic rings. The van der Waals surface area contributed by atoms with Crippen LogP contribution in [0.4, 0.5) is 0 Å². The Balaban J connectivity index is 0.00000320. The van der Waals surface area contributed by atoms with Gasteiger partial charge in [0.05, 0.1) is 25.3 Å². The molecule has 3 rings (SSSR count). The highest BCUT2D eigenvalue weighted by Crippen LogP contribution is 2.25. The van der Waals surface area contributed by atoms with Crippen molar-refractivity contribution in [2.75, 3.05) is 52.5 Å². The quantitative estimate of drug-likeness (QED) is 0.210. The molecule has 2 N–H and O–H groups in total. The Labute approximate surface area is 199 Å². The van der Waals surface area contributed by atoms with E-state index < -0.39 is 0 Å². The molecule has 0 aliphatic carbocycles. The highest BCUT2D eigenvalue weighted by molar-refractivity contribution is 14.0. The van der Waals surface area contributed by atoms with E-state index in [4.69, 9.17) is 14.5 Å². The molecular weight excluding hydrogens is 491 g/mol. The van der Waals surface area contributed by atoms with Crippen LogP contribution >= 0.6 is 24.0 Å². The first-order valence-electron chi connectivity index (χ1n) is 11.3. The van der Waals surface area contributed by atoms with Crippen molar-refractivity contribution in [3.8, 4) is 0 Å². The number of halogens is 1. The lowest BCUT2D eigenvalue weighted by Gasteiger charge is -2.27. The van der Waals surface area contributed by atoms with Crippen molar-refractivity contribution >= 4 is 29.9 Å². The van der Waals surface area contributed by atoms with Gasteiger partial charge < -0.3 is 20.1 Å². The molecule has 2 heterocycles. The van der Waals surface area contributed by atoms with Gasteiger partial charge in [-0.25, -0.2) is 0 Å². The third kappa shape index (κ3) is 8.32. The third-order valence-corrected chi connectivity index (χ3v) is 5.67. The van der Waals surface area contributed by atoms with Crippen LogP contribution in [-0.2, 0) is 9.47 Å². The van der Waals surface area contributed by atoms with E-state index in [0.29, 0.717) is 6.04 Å². The molecule has 170 valence electrons. The average molecular weight is 530 g/mol. The normalized spacial score (nSPS) is 20.7. The van der Waals surface area contributed by atoms with Gasteiger partial charge >= 0.3 is 0 Å². The van der Waals surface area contributed by atoms with Crippen LogP contribution in [0.1, 0.15) is 49.8 Å². The molecule has 0 spiro atoms. The van der Waals surface area contributed by atoms with E-state index in [1.165, 1.54) is 37.1 Å². The molecule has 2 atom stereocenters. The Bertz CT molecular complexity index is 614. The highest BCUT2D eigenvalue weighted by Gasteiger charge is 2.23. The maximum absolute atomic E-state index is 5.85. The summed E-state index contributed by atoms with van der Waals surface area (Å²) in [7, 11) is 0. The van der Waals surface area contributed by atoms with Gasteiger partial charge in [0.25, 0.3) is 0 Å². The zero-order valence-corrected chi connectivity index (χ0v) is 20.9. The summed E-state index contributed by atoms with van der Waals surface area (Å²) in [6, 6.07) is 9.29. The van der Waals surface area contributed by atoms with E-state index >= 15 is 0 Å². The van der Waals surface area contributed by atoms with Gasteiger partial charge in [-0.15, -0.1) is 24.0 Å². The summed E-state index contributed by atoms with van der Waals surface area (Å²) in [4.78, 5) is 7.50. The molecule has 6 nitrogen and oxygen atoms in total. The molecule has 2 fully saturated rings. The first kappa shape index (κ1) is 25.4. The number of benzene rings is 1. The molecule has 2 saturated heterocycles. The van der Waals surface area contributed by atoms with Gasteiger partial charge in [0.15, 0.2) is 5.96 Å². The van der Waals surface area contributed by atoms with Crippen molar-refractivity contribution in [2.24, 2.45) is 4.99 Å². The van der Waals surface area contributed by atoms with Gasteiger partial charge in [0.1, 0.15) is 0 Å². The van der Waals surface area contributed by atoms with E-state index in [9.17, 15) is 0 Å². The Kier molecular flexibility index (Phi) is 12.0. The number of guanidine groups is 1. The van der Waals surface area contributed by atoms with Crippen molar-refractivity contribution in [3.63, 3.8) is 0 Å². The molecule has 0 aromatic heterocycles. The summed E-state index contributed by atoms with van der Waals surface area (Å²) >= 11 is 0. The van der Waals surface area contributed by atoms with Crippen LogP contribution in [0, 0.1) is 6.92 Å². The minimum Gasteiger partial charge on any atom is -0.379 e. The van der Waals surface area contributed by atoms with Gasteiger partial charge in [0, 0.05) is 26.3 Å². The number of likely N-dealkylation sites (tertiary alicyclic amines) is 1. The number of ether oxygens (including phenoxy) is 2. The summed E-state index contributed by atoms with van der Waals surface area (Å²) in [6.45, 7) is 11.4. The predicted octanol–water partition coefficient (Wildman–Crippen LogP) is 3.50. The lowest BCUT2D eigenvalue weighted by atomic mass is 10.0. The van der Waals surface area contributed by atoms with Gasteiger partial charge in [0.2, 0.25) is 0 Å². The van der Waals surface area contributed by atoms with Crippen LogP contribution in [0.3, 0.4) is 0 Å². The number of aliphatic imine (C=N–C) groups is 1. The van der Waals surface area contributed by atoms with Crippen molar-refractivity contribution in [1.82, 2.24) is 15.5 Å². The van der Waals surface area contributed by atoms with Crippen LogP contribution < -0.4 is 10.6 Å². The molecule has 1 aromatic carbocycles. The Morgan fingerprint density at radius 2 is 2.00 bits per heavy atom. The molecule has 0 radical (unpaired) electrons. The molecule has 0 saturated carbocycles. The fourth-order valence-corrected chi connectivity index (χ4v) is 3.97. The Morgan fingerprint density at radius 3 is 2.67 bits per heavy atom. The van der Waals surface area contributed by atoms with Crippen molar-refractivity contribution in [3.05, 3.63) is 35.4 Å². The number of hydrogen-bond donors (Lipinski definition) is 2. The second kappa shape index (κ2) is 14.2. The number of aryl methyl sites for hydroxylation is 1. The van der Waals surface area contributed by atoms with Crippen molar-refractivity contribution in [1.29, 1.82) is 0 Å². The van der Waals surface area contributed by atoms with Crippen molar-refractivity contribution in [2.45, 2.75) is 51.7 Å². The minimum absolute atomic E-state index is 0. The van der Waals surface area contributed by atoms with Crippen LogP contribution in [0.25, 0.3) is 0 Å². The summed E-state index contributed by atoms with van der Waals surface area (Å²) in [5.41, 5.74) is 2.67. The smallest absolute Gasteiger partial charge is 0.191 e. The molecular formula is C23H39IN4O2. The molecule has 7 heteroatoms. The Hall–Kier alpha value is -0.900. The zero-order chi connectivity index (χ0) is 20.3. The monoisotopic (exact) mass is 530 g/mol. The van der Waals surface area contributed by atoms with E-state index in [2.05, 4.69) is 53.6 Å². The van der Waals surface area contributed by atoms with E-state index in [0.717, 1.165) is 58.3 Å². The van der Waals surface area contributed by atoms with Gasteiger partial charge in [-0.2, -0.15) is 0 Å². The molecule has 2 unspecified atom stereocenters. The number of nitrogens with one attached hydrogen (secondary N) is 2. The molecule has 0 bridgehead atoms. The summed E-state index contributed by atoms with van der Waals surface area (Å²) in [6.07, 6.45) is 4.85. The maximum Gasteiger partial charge on any atom is 0.191 e. The maximum atomic E-state index is 5.85. The molecule has 1 aromatic rings. The standard InChI is InChI=1S/C23H38N4O2.HI/c1-3-24-23(25-12-6-15-29-21-11-16-28-18-21)26-17-22(27-13-4-5-14-27)20-9-7-19(2)8-10-20;/h7-10,21-22H,3-6,11-18H2,1-2H3,(H2,24,25,26);1H.